The van der Waals surface area contributed by atoms with Gasteiger partial charge in [-0.15, -0.1) is 0 Å². The van der Waals surface area contributed by atoms with Crippen LogP contribution in [0.15, 0.2) is 42.5 Å². The highest BCUT2D eigenvalue weighted by molar-refractivity contribution is 6.30. The molecule has 0 aliphatic heterocycles. The fourth-order valence-electron chi connectivity index (χ4n) is 1.88. The maximum atomic E-state index is 13.7. The Balaban J connectivity index is 2.14. The number of nitrogens with one attached hydrogen (secondary N) is 1. The first-order valence-electron chi connectivity index (χ1n) is 6.55. The first kappa shape index (κ1) is 15.3. The van der Waals surface area contributed by atoms with Crippen LogP contribution in [0.2, 0.25) is 5.02 Å². The maximum absolute atomic E-state index is 13.7. The molecule has 0 heterocycles. The predicted molar refractivity (Wildman–Crippen MR) is 81.1 cm³/mol. The van der Waals surface area contributed by atoms with Crippen LogP contribution in [0, 0.1) is 5.82 Å². The molecule has 1 N–H and O–H groups in total. The Kier molecular flexibility index (Phi) is 5.17. The Morgan fingerprint density at radius 2 is 2.05 bits per heavy atom. The van der Waals surface area contributed by atoms with Crippen molar-refractivity contribution in [3.8, 4) is 0 Å². The molecule has 5 heteroatoms. The van der Waals surface area contributed by atoms with Gasteiger partial charge in [0.25, 0.3) is 0 Å². The minimum absolute atomic E-state index is 0.249. The molecular weight excluding hydrogens is 293 g/mol. The zero-order valence-corrected chi connectivity index (χ0v) is 12.3. The predicted octanol–water partition coefficient (Wildman–Crippen LogP) is 4.27. The first-order valence-corrected chi connectivity index (χ1v) is 6.93. The number of ether oxygens (including phenoxy) is 1. The SMILES string of the molecule is CCOC(=O)c1ccccc1NCc1ccc(Cl)cc1F. The van der Waals surface area contributed by atoms with Crippen molar-refractivity contribution in [2.24, 2.45) is 0 Å². The summed E-state index contributed by atoms with van der Waals surface area (Å²) in [5, 5.41) is 3.40. The average molecular weight is 308 g/mol. The molecule has 2 aromatic carbocycles. The number of hydrogen-bond acceptors (Lipinski definition) is 3. The molecule has 0 saturated carbocycles. The monoisotopic (exact) mass is 307 g/mol. The van der Waals surface area contributed by atoms with Crippen LogP contribution in [0.1, 0.15) is 22.8 Å². The molecule has 0 aliphatic carbocycles. The normalized spacial score (nSPS) is 10.2. The molecular formula is C16H15ClFNO2. The lowest BCUT2D eigenvalue weighted by molar-refractivity contribution is 0.0527. The number of halogens is 2. The molecule has 0 radical (unpaired) electrons. The third kappa shape index (κ3) is 3.95. The van der Waals surface area contributed by atoms with Crippen molar-refractivity contribution in [3.05, 3.63) is 64.4 Å². The van der Waals surface area contributed by atoms with E-state index in [0.29, 0.717) is 28.4 Å². The van der Waals surface area contributed by atoms with Gasteiger partial charge in [-0.25, -0.2) is 9.18 Å². The van der Waals surface area contributed by atoms with Gasteiger partial charge in [0.05, 0.1) is 12.2 Å². The van der Waals surface area contributed by atoms with Gasteiger partial charge in [0, 0.05) is 22.8 Å². The average Bonchev–Trinajstić information content (AvgIpc) is 2.47. The van der Waals surface area contributed by atoms with E-state index in [0.717, 1.165) is 0 Å². The third-order valence-corrected chi connectivity index (χ3v) is 3.14. The van der Waals surface area contributed by atoms with Crippen LogP contribution in [-0.4, -0.2) is 12.6 Å². The molecule has 2 aromatic rings. The lowest BCUT2D eigenvalue weighted by Crippen LogP contribution is -2.10. The second-order valence-corrected chi connectivity index (χ2v) is 4.79. The number of carbonyl (C=O) groups is 1. The summed E-state index contributed by atoms with van der Waals surface area (Å²) in [7, 11) is 0. The van der Waals surface area contributed by atoms with Crippen molar-refractivity contribution < 1.29 is 13.9 Å². The molecule has 0 spiro atoms. The quantitative estimate of drug-likeness (QED) is 0.838. The molecule has 0 aromatic heterocycles. The molecule has 0 unspecified atom stereocenters. The first-order chi connectivity index (χ1) is 10.1. The Morgan fingerprint density at radius 3 is 2.76 bits per heavy atom. The van der Waals surface area contributed by atoms with Crippen LogP contribution < -0.4 is 5.32 Å². The molecule has 110 valence electrons. The summed E-state index contributed by atoms with van der Waals surface area (Å²) >= 11 is 5.71. The van der Waals surface area contributed by atoms with Gasteiger partial charge in [0.15, 0.2) is 0 Å². The van der Waals surface area contributed by atoms with Gasteiger partial charge in [-0.3, -0.25) is 0 Å². The van der Waals surface area contributed by atoms with Crippen LogP contribution in [0.3, 0.4) is 0 Å². The van der Waals surface area contributed by atoms with Crippen molar-refractivity contribution in [1.82, 2.24) is 0 Å². The lowest BCUT2D eigenvalue weighted by atomic mass is 10.1. The highest BCUT2D eigenvalue weighted by atomic mass is 35.5. The van der Waals surface area contributed by atoms with E-state index in [-0.39, 0.29) is 12.4 Å². The molecule has 3 nitrogen and oxygen atoms in total. The van der Waals surface area contributed by atoms with E-state index in [1.807, 2.05) is 0 Å². The topological polar surface area (TPSA) is 38.3 Å². The molecule has 0 amide bonds. The van der Waals surface area contributed by atoms with Crippen LogP contribution in [0.4, 0.5) is 10.1 Å². The summed E-state index contributed by atoms with van der Waals surface area (Å²) in [6.45, 7) is 2.30. The van der Waals surface area contributed by atoms with E-state index in [2.05, 4.69) is 5.32 Å². The summed E-state index contributed by atoms with van der Waals surface area (Å²) < 4.78 is 18.7. The van der Waals surface area contributed by atoms with E-state index in [9.17, 15) is 9.18 Å². The number of benzene rings is 2. The molecule has 2 rings (SSSR count). The fourth-order valence-corrected chi connectivity index (χ4v) is 2.04. The van der Waals surface area contributed by atoms with E-state index in [4.69, 9.17) is 16.3 Å². The Morgan fingerprint density at radius 1 is 1.29 bits per heavy atom. The zero-order chi connectivity index (χ0) is 15.2. The molecule has 0 saturated heterocycles. The van der Waals surface area contributed by atoms with Crippen molar-refractivity contribution in [2.75, 3.05) is 11.9 Å². The van der Waals surface area contributed by atoms with E-state index in [1.165, 1.54) is 6.07 Å². The molecule has 0 bridgehead atoms. The van der Waals surface area contributed by atoms with Crippen molar-refractivity contribution in [2.45, 2.75) is 13.5 Å². The molecule has 0 atom stereocenters. The lowest BCUT2D eigenvalue weighted by Gasteiger charge is -2.11. The Bertz CT molecular complexity index is 646. The second kappa shape index (κ2) is 7.09. The van der Waals surface area contributed by atoms with Crippen molar-refractivity contribution in [1.29, 1.82) is 0 Å². The Hall–Kier alpha value is -2.07. The van der Waals surface area contributed by atoms with E-state index < -0.39 is 5.97 Å². The number of anilines is 1. The van der Waals surface area contributed by atoms with Gasteiger partial charge in [0.2, 0.25) is 0 Å². The standard InChI is InChI=1S/C16H15ClFNO2/c1-2-21-16(20)13-5-3-4-6-15(13)19-10-11-7-8-12(17)9-14(11)18/h3-9,19H,2,10H2,1H3. The molecule has 0 aliphatic rings. The highest BCUT2D eigenvalue weighted by Gasteiger charge is 2.12. The maximum Gasteiger partial charge on any atom is 0.340 e. The Labute approximate surface area is 127 Å². The fraction of sp³-hybridized carbons (Fsp3) is 0.188. The third-order valence-electron chi connectivity index (χ3n) is 2.91. The van der Waals surface area contributed by atoms with Gasteiger partial charge in [-0.05, 0) is 31.2 Å². The summed E-state index contributed by atoms with van der Waals surface area (Å²) in [4.78, 5) is 11.8. The second-order valence-electron chi connectivity index (χ2n) is 4.36. The zero-order valence-electron chi connectivity index (χ0n) is 11.5. The minimum atomic E-state index is -0.405. The van der Waals surface area contributed by atoms with Crippen molar-refractivity contribution >= 4 is 23.3 Å². The van der Waals surface area contributed by atoms with Crippen LogP contribution in [0.5, 0.6) is 0 Å². The minimum Gasteiger partial charge on any atom is -0.462 e. The van der Waals surface area contributed by atoms with Crippen LogP contribution in [0.25, 0.3) is 0 Å². The van der Waals surface area contributed by atoms with Gasteiger partial charge in [0.1, 0.15) is 5.82 Å². The summed E-state index contributed by atoms with van der Waals surface area (Å²) in [5.74, 6) is -0.791. The summed E-state index contributed by atoms with van der Waals surface area (Å²) in [5.41, 5.74) is 1.50. The van der Waals surface area contributed by atoms with E-state index >= 15 is 0 Å². The van der Waals surface area contributed by atoms with Crippen LogP contribution >= 0.6 is 11.6 Å². The summed E-state index contributed by atoms with van der Waals surface area (Å²) in [6, 6.07) is 11.5. The number of rotatable bonds is 5. The number of hydrogen-bond donors (Lipinski definition) is 1. The molecule has 0 fully saturated rings. The van der Waals surface area contributed by atoms with Gasteiger partial charge >= 0.3 is 5.97 Å². The number of esters is 1. The van der Waals surface area contributed by atoms with Gasteiger partial charge in [-0.2, -0.15) is 0 Å². The van der Waals surface area contributed by atoms with Crippen molar-refractivity contribution in [3.63, 3.8) is 0 Å². The van der Waals surface area contributed by atoms with Gasteiger partial charge in [-0.1, -0.05) is 29.8 Å². The van der Waals surface area contributed by atoms with Gasteiger partial charge < -0.3 is 10.1 Å². The highest BCUT2D eigenvalue weighted by Crippen LogP contribution is 2.19. The summed E-state index contributed by atoms with van der Waals surface area (Å²) in [6.07, 6.45) is 0. The number of carbonyl (C=O) groups excluding carboxylic acids is 1. The molecule has 21 heavy (non-hydrogen) atoms. The van der Waals surface area contributed by atoms with E-state index in [1.54, 1.807) is 43.3 Å². The number of para-hydroxylation sites is 1. The largest absolute Gasteiger partial charge is 0.462 e. The smallest absolute Gasteiger partial charge is 0.340 e. The van der Waals surface area contributed by atoms with Crippen LogP contribution in [-0.2, 0) is 11.3 Å².